The van der Waals surface area contributed by atoms with Crippen molar-refractivity contribution < 1.29 is 23.7 Å². The Morgan fingerprint density at radius 2 is 1.93 bits per heavy atom. The van der Waals surface area contributed by atoms with E-state index < -0.39 is 0 Å². The second-order valence-corrected chi connectivity index (χ2v) is 5.91. The molecule has 0 radical (unpaired) electrons. The molecule has 3 aromatic rings. The minimum atomic E-state index is -0.305. The van der Waals surface area contributed by atoms with Crippen molar-refractivity contribution in [1.82, 2.24) is 14.8 Å². The first-order valence-corrected chi connectivity index (χ1v) is 8.93. The summed E-state index contributed by atoms with van der Waals surface area (Å²) in [4.78, 5) is 17.4. The van der Waals surface area contributed by atoms with Crippen molar-refractivity contribution in [2.24, 2.45) is 0 Å². The molecule has 4 rings (SSSR count). The van der Waals surface area contributed by atoms with E-state index in [0.717, 1.165) is 0 Å². The van der Waals surface area contributed by atoms with Crippen molar-refractivity contribution in [2.45, 2.75) is 6.92 Å². The fourth-order valence-corrected chi connectivity index (χ4v) is 2.76. The fourth-order valence-electron chi connectivity index (χ4n) is 2.76. The van der Waals surface area contributed by atoms with Crippen LogP contribution in [0.3, 0.4) is 0 Å². The molecule has 0 saturated carbocycles. The van der Waals surface area contributed by atoms with Crippen LogP contribution in [0.25, 0.3) is 11.4 Å². The van der Waals surface area contributed by atoms with Crippen LogP contribution in [0.4, 0.5) is 0 Å². The molecular formula is C20H19N3O5. The minimum Gasteiger partial charge on any atom is -0.460 e. The van der Waals surface area contributed by atoms with E-state index >= 15 is 0 Å². The number of nitrogens with zero attached hydrogens (tertiary/aromatic N) is 3. The van der Waals surface area contributed by atoms with E-state index in [1.54, 1.807) is 42.5 Å². The number of carbonyl (C=O) groups is 1. The SMILES string of the molecule is CCOCCOc1nc(-c2ccc3c(c2)OCO3)n(C(=O)c2ccccc2)n1. The smallest absolute Gasteiger partial charge is 0.336 e. The highest BCUT2D eigenvalue weighted by molar-refractivity contribution is 5.97. The lowest BCUT2D eigenvalue weighted by atomic mass is 10.1. The van der Waals surface area contributed by atoms with Crippen LogP contribution in [-0.2, 0) is 4.74 Å². The molecule has 0 spiro atoms. The van der Waals surface area contributed by atoms with Crippen LogP contribution >= 0.6 is 0 Å². The van der Waals surface area contributed by atoms with Gasteiger partial charge in [-0.25, -0.2) is 0 Å². The Bertz CT molecular complexity index is 971. The summed E-state index contributed by atoms with van der Waals surface area (Å²) in [5.41, 5.74) is 1.16. The van der Waals surface area contributed by atoms with Gasteiger partial charge in [-0.2, -0.15) is 9.67 Å². The van der Waals surface area contributed by atoms with Gasteiger partial charge in [-0.15, -0.1) is 5.10 Å². The molecule has 8 nitrogen and oxygen atoms in total. The average Bonchev–Trinajstić information content (AvgIpc) is 3.37. The zero-order valence-electron chi connectivity index (χ0n) is 15.3. The molecule has 8 heteroatoms. The van der Waals surface area contributed by atoms with Crippen molar-refractivity contribution in [3.63, 3.8) is 0 Å². The number of ether oxygens (including phenoxy) is 4. The van der Waals surface area contributed by atoms with E-state index in [9.17, 15) is 4.79 Å². The third kappa shape index (κ3) is 3.67. The monoisotopic (exact) mass is 381 g/mol. The molecule has 0 atom stereocenters. The van der Waals surface area contributed by atoms with Gasteiger partial charge in [0, 0.05) is 17.7 Å². The Hall–Kier alpha value is -3.39. The van der Waals surface area contributed by atoms with Gasteiger partial charge in [0.1, 0.15) is 6.61 Å². The number of hydrogen-bond donors (Lipinski definition) is 0. The summed E-state index contributed by atoms with van der Waals surface area (Å²) >= 11 is 0. The lowest BCUT2D eigenvalue weighted by Crippen LogP contribution is -2.15. The molecular weight excluding hydrogens is 362 g/mol. The van der Waals surface area contributed by atoms with Crippen molar-refractivity contribution in [3.8, 4) is 28.9 Å². The van der Waals surface area contributed by atoms with Crippen LogP contribution in [0.5, 0.6) is 17.5 Å². The number of hydrogen-bond acceptors (Lipinski definition) is 7. The average molecular weight is 381 g/mol. The molecule has 2 heterocycles. The van der Waals surface area contributed by atoms with Gasteiger partial charge in [0.25, 0.3) is 5.91 Å². The Balaban J connectivity index is 1.68. The van der Waals surface area contributed by atoms with Crippen LogP contribution in [0.2, 0.25) is 0 Å². The second kappa shape index (κ2) is 8.10. The highest BCUT2D eigenvalue weighted by Gasteiger charge is 2.22. The Kier molecular flexibility index (Phi) is 5.20. The fraction of sp³-hybridized carbons (Fsp3) is 0.250. The molecule has 1 aromatic heterocycles. The first-order valence-electron chi connectivity index (χ1n) is 8.93. The van der Waals surface area contributed by atoms with Crippen LogP contribution in [0, 0.1) is 0 Å². The number of rotatable bonds is 7. The van der Waals surface area contributed by atoms with Crippen molar-refractivity contribution in [3.05, 3.63) is 54.1 Å². The van der Waals surface area contributed by atoms with E-state index in [4.69, 9.17) is 18.9 Å². The largest absolute Gasteiger partial charge is 0.460 e. The van der Waals surface area contributed by atoms with E-state index in [-0.39, 0.29) is 25.3 Å². The Morgan fingerprint density at radius 3 is 2.75 bits per heavy atom. The van der Waals surface area contributed by atoms with Gasteiger partial charge < -0.3 is 18.9 Å². The zero-order chi connectivity index (χ0) is 19.3. The highest BCUT2D eigenvalue weighted by atomic mass is 16.7. The second-order valence-electron chi connectivity index (χ2n) is 5.91. The van der Waals surface area contributed by atoms with Gasteiger partial charge in [0.05, 0.1) is 6.61 Å². The standard InChI is InChI=1S/C20H19N3O5/c1-2-25-10-11-26-20-21-18(15-8-9-16-17(12-15)28-13-27-16)23(22-20)19(24)14-6-4-3-5-7-14/h3-9,12H,2,10-11,13H2,1H3. The third-order valence-electron chi connectivity index (χ3n) is 4.09. The Labute approximate surface area is 161 Å². The summed E-state index contributed by atoms with van der Waals surface area (Å²) in [5, 5.41) is 4.26. The molecule has 0 bridgehead atoms. The van der Waals surface area contributed by atoms with Crippen molar-refractivity contribution in [2.75, 3.05) is 26.6 Å². The highest BCUT2D eigenvalue weighted by Crippen LogP contribution is 2.35. The first kappa shape index (κ1) is 18.0. The van der Waals surface area contributed by atoms with Crippen LogP contribution in [0.1, 0.15) is 17.3 Å². The number of aromatic nitrogens is 3. The van der Waals surface area contributed by atoms with Gasteiger partial charge in [0.15, 0.2) is 17.3 Å². The topological polar surface area (TPSA) is 84.7 Å². The zero-order valence-corrected chi connectivity index (χ0v) is 15.3. The summed E-state index contributed by atoms with van der Waals surface area (Å²) in [6.07, 6.45) is 0. The summed E-state index contributed by atoms with van der Waals surface area (Å²) in [6, 6.07) is 14.3. The molecule has 144 valence electrons. The minimum absolute atomic E-state index is 0.108. The molecule has 0 fully saturated rings. The molecule has 0 aliphatic carbocycles. The van der Waals surface area contributed by atoms with E-state index in [0.29, 0.717) is 41.7 Å². The number of carbonyl (C=O) groups excluding carboxylic acids is 1. The van der Waals surface area contributed by atoms with Gasteiger partial charge in [-0.05, 0) is 37.3 Å². The van der Waals surface area contributed by atoms with Crippen LogP contribution < -0.4 is 14.2 Å². The molecule has 0 amide bonds. The quantitative estimate of drug-likeness (QED) is 0.582. The van der Waals surface area contributed by atoms with Gasteiger partial charge in [-0.1, -0.05) is 18.2 Å². The summed E-state index contributed by atoms with van der Waals surface area (Å²) < 4.78 is 22.8. The first-order chi connectivity index (χ1) is 13.8. The lowest BCUT2D eigenvalue weighted by Gasteiger charge is -2.05. The van der Waals surface area contributed by atoms with Gasteiger partial charge in [0.2, 0.25) is 6.79 Å². The molecule has 0 saturated heterocycles. The third-order valence-corrected chi connectivity index (χ3v) is 4.09. The maximum atomic E-state index is 13.0. The number of fused-ring (bicyclic) bond motifs is 1. The Morgan fingerprint density at radius 1 is 1.11 bits per heavy atom. The maximum Gasteiger partial charge on any atom is 0.336 e. The van der Waals surface area contributed by atoms with Gasteiger partial charge in [-0.3, -0.25) is 4.79 Å². The molecule has 1 aliphatic rings. The van der Waals surface area contributed by atoms with Crippen LogP contribution in [-0.4, -0.2) is 47.3 Å². The summed E-state index contributed by atoms with van der Waals surface area (Å²) in [7, 11) is 0. The molecule has 0 unspecified atom stereocenters. The van der Waals surface area contributed by atoms with E-state index in [1.165, 1.54) is 4.68 Å². The molecule has 2 aromatic carbocycles. The van der Waals surface area contributed by atoms with Crippen molar-refractivity contribution in [1.29, 1.82) is 0 Å². The van der Waals surface area contributed by atoms with Crippen LogP contribution in [0.15, 0.2) is 48.5 Å². The molecule has 28 heavy (non-hydrogen) atoms. The summed E-state index contributed by atoms with van der Waals surface area (Å²) in [6.45, 7) is 3.37. The molecule has 1 aliphatic heterocycles. The molecule has 0 N–H and O–H groups in total. The number of benzene rings is 2. The summed E-state index contributed by atoms with van der Waals surface area (Å²) in [5.74, 6) is 1.30. The van der Waals surface area contributed by atoms with Crippen molar-refractivity contribution >= 4 is 5.91 Å². The normalized spacial score (nSPS) is 12.2. The maximum absolute atomic E-state index is 13.0. The van der Waals surface area contributed by atoms with E-state index in [2.05, 4.69) is 10.1 Å². The predicted molar refractivity (Wildman–Crippen MR) is 99.7 cm³/mol. The van der Waals surface area contributed by atoms with Gasteiger partial charge >= 0.3 is 6.01 Å². The van der Waals surface area contributed by atoms with E-state index in [1.807, 2.05) is 13.0 Å². The predicted octanol–water partition coefficient (Wildman–Crippen LogP) is 2.78. The lowest BCUT2D eigenvalue weighted by molar-refractivity contribution is 0.0938.